The molecule has 0 amide bonds. The van der Waals surface area contributed by atoms with Crippen molar-refractivity contribution in [2.75, 3.05) is 6.61 Å². The maximum atomic E-state index is 11.4. The van der Waals surface area contributed by atoms with E-state index in [2.05, 4.69) is 9.84 Å². The summed E-state index contributed by atoms with van der Waals surface area (Å²) in [4.78, 5) is 11.4. The number of aliphatic hydroxyl groups is 2. The quantitative estimate of drug-likeness (QED) is 0.790. The zero-order valence-corrected chi connectivity index (χ0v) is 11.0. The zero-order valence-electron chi connectivity index (χ0n) is 11.0. The van der Waals surface area contributed by atoms with Crippen molar-refractivity contribution in [2.45, 2.75) is 19.1 Å². The first-order valence-electron chi connectivity index (χ1n) is 6.26. The van der Waals surface area contributed by atoms with Crippen molar-refractivity contribution in [3.8, 4) is 5.69 Å². The second kappa shape index (κ2) is 6.31. The van der Waals surface area contributed by atoms with E-state index < -0.39 is 18.2 Å². The largest absolute Gasteiger partial charge is 0.464 e. The van der Waals surface area contributed by atoms with E-state index in [4.69, 9.17) is 0 Å². The summed E-state index contributed by atoms with van der Waals surface area (Å²) in [5.41, 5.74) is 1.25. The monoisotopic (exact) mass is 276 g/mol. The lowest BCUT2D eigenvalue weighted by Crippen LogP contribution is -2.29. The van der Waals surface area contributed by atoms with E-state index in [1.807, 2.05) is 0 Å². The molecule has 2 N–H and O–H groups in total. The molecule has 2 atom stereocenters. The number of ether oxygens (including phenoxy) is 1. The molecule has 106 valence electrons. The van der Waals surface area contributed by atoms with Crippen LogP contribution >= 0.6 is 0 Å². The van der Waals surface area contributed by atoms with Gasteiger partial charge in [-0.3, -0.25) is 0 Å². The lowest BCUT2D eigenvalue weighted by molar-refractivity contribution is -0.159. The third-order valence-corrected chi connectivity index (χ3v) is 2.83. The first-order chi connectivity index (χ1) is 9.63. The van der Waals surface area contributed by atoms with Gasteiger partial charge < -0.3 is 14.9 Å². The molecule has 0 aliphatic carbocycles. The molecule has 0 aliphatic heterocycles. The number of benzene rings is 1. The summed E-state index contributed by atoms with van der Waals surface area (Å²) in [6, 6.07) is 8.54. The Balaban J connectivity index is 2.11. The SMILES string of the molecule is CCOC(=O)C(O)C(O)c1ccc(-n2cccn2)cc1. The van der Waals surface area contributed by atoms with Crippen molar-refractivity contribution in [1.82, 2.24) is 9.78 Å². The van der Waals surface area contributed by atoms with Gasteiger partial charge in [0, 0.05) is 12.4 Å². The van der Waals surface area contributed by atoms with E-state index in [1.165, 1.54) is 0 Å². The van der Waals surface area contributed by atoms with E-state index >= 15 is 0 Å². The number of esters is 1. The van der Waals surface area contributed by atoms with Crippen LogP contribution in [0.1, 0.15) is 18.6 Å². The highest BCUT2D eigenvalue weighted by molar-refractivity contribution is 5.75. The number of rotatable bonds is 5. The summed E-state index contributed by atoms with van der Waals surface area (Å²) in [5.74, 6) is -0.837. The Labute approximate surface area is 116 Å². The Morgan fingerprint density at radius 1 is 1.35 bits per heavy atom. The summed E-state index contributed by atoms with van der Waals surface area (Å²) in [7, 11) is 0. The van der Waals surface area contributed by atoms with Gasteiger partial charge in [-0.1, -0.05) is 12.1 Å². The summed E-state index contributed by atoms with van der Waals surface area (Å²) in [6.45, 7) is 1.79. The Morgan fingerprint density at radius 3 is 2.60 bits per heavy atom. The van der Waals surface area contributed by atoms with Crippen LogP contribution in [0, 0.1) is 0 Å². The van der Waals surface area contributed by atoms with Crippen LogP contribution in [0.3, 0.4) is 0 Å². The number of hydrogen-bond donors (Lipinski definition) is 2. The third-order valence-electron chi connectivity index (χ3n) is 2.83. The van der Waals surface area contributed by atoms with Gasteiger partial charge in [-0.15, -0.1) is 0 Å². The Kier molecular flexibility index (Phi) is 4.49. The molecule has 6 heteroatoms. The fourth-order valence-corrected chi connectivity index (χ4v) is 1.78. The van der Waals surface area contributed by atoms with E-state index in [9.17, 15) is 15.0 Å². The third kappa shape index (κ3) is 3.04. The molecule has 2 aromatic rings. The second-order valence-electron chi connectivity index (χ2n) is 4.18. The predicted octanol–water partition coefficient (Wildman–Crippen LogP) is 0.830. The van der Waals surface area contributed by atoms with Gasteiger partial charge in [0.2, 0.25) is 0 Å². The molecule has 0 radical (unpaired) electrons. The van der Waals surface area contributed by atoms with Crippen LogP contribution in [-0.4, -0.2) is 38.7 Å². The van der Waals surface area contributed by atoms with E-state index in [-0.39, 0.29) is 6.61 Å². The number of hydrogen-bond acceptors (Lipinski definition) is 5. The molecular formula is C14H16N2O4. The maximum Gasteiger partial charge on any atom is 0.338 e. The molecule has 0 aliphatic rings. The molecule has 0 saturated carbocycles. The van der Waals surface area contributed by atoms with E-state index in [0.29, 0.717) is 5.56 Å². The second-order valence-corrected chi connectivity index (χ2v) is 4.18. The van der Waals surface area contributed by atoms with Gasteiger partial charge in [0.25, 0.3) is 0 Å². The fraction of sp³-hybridized carbons (Fsp3) is 0.286. The molecule has 0 bridgehead atoms. The Hall–Kier alpha value is -2.18. The lowest BCUT2D eigenvalue weighted by Gasteiger charge is -2.17. The van der Waals surface area contributed by atoms with Gasteiger partial charge in [-0.25, -0.2) is 9.48 Å². The van der Waals surface area contributed by atoms with E-state index in [0.717, 1.165) is 5.69 Å². The molecule has 2 rings (SSSR count). The van der Waals surface area contributed by atoms with Gasteiger partial charge in [0.15, 0.2) is 6.10 Å². The van der Waals surface area contributed by atoms with Crippen molar-refractivity contribution < 1.29 is 19.7 Å². The first-order valence-corrected chi connectivity index (χ1v) is 6.26. The van der Waals surface area contributed by atoms with Crippen molar-refractivity contribution >= 4 is 5.97 Å². The molecule has 0 spiro atoms. The number of carbonyl (C=O) groups is 1. The first kappa shape index (κ1) is 14.2. The number of aromatic nitrogens is 2. The Bertz CT molecular complexity index is 551. The Morgan fingerprint density at radius 2 is 2.05 bits per heavy atom. The number of nitrogens with zero attached hydrogens (tertiary/aromatic N) is 2. The molecular weight excluding hydrogens is 260 g/mol. The molecule has 20 heavy (non-hydrogen) atoms. The van der Waals surface area contributed by atoms with Gasteiger partial charge in [-0.2, -0.15) is 5.10 Å². The normalized spacial score (nSPS) is 13.8. The molecule has 2 unspecified atom stereocenters. The van der Waals surface area contributed by atoms with Crippen LogP contribution in [0.2, 0.25) is 0 Å². The van der Waals surface area contributed by atoms with Crippen molar-refractivity contribution in [3.05, 3.63) is 48.3 Å². The minimum atomic E-state index is -1.59. The van der Waals surface area contributed by atoms with Crippen LogP contribution < -0.4 is 0 Å². The van der Waals surface area contributed by atoms with Crippen LogP contribution in [0.5, 0.6) is 0 Å². The van der Waals surface area contributed by atoms with Crippen LogP contribution in [0.15, 0.2) is 42.7 Å². The van der Waals surface area contributed by atoms with Crippen molar-refractivity contribution in [1.29, 1.82) is 0 Å². The molecule has 1 heterocycles. The highest BCUT2D eigenvalue weighted by atomic mass is 16.5. The average molecular weight is 276 g/mol. The van der Waals surface area contributed by atoms with Crippen molar-refractivity contribution in [2.24, 2.45) is 0 Å². The summed E-state index contributed by atoms with van der Waals surface area (Å²) in [6.07, 6.45) is 0.540. The van der Waals surface area contributed by atoms with Gasteiger partial charge in [-0.05, 0) is 30.7 Å². The minimum Gasteiger partial charge on any atom is -0.464 e. The molecule has 0 fully saturated rings. The zero-order chi connectivity index (χ0) is 14.5. The highest BCUT2D eigenvalue weighted by Gasteiger charge is 2.26. The standard InChI is InChI=1S/C14H16N2O4/c1-2-20-14(19)13(18)12(17)10-4-6-11(7-5-10)16-9-3-8-15-16/h3-9,12-13,17-18H,2H2,1H3. The van der Waals surface area contributed by atoms with Crippen LogP contribution in [0.25, 0.3) is 5.69 Å². The molecule has 1 aromatic heterocycles. The number of aliphatic hydroxyl groups excluding tert-OH is 2. The van der Waals surface area contributed by atoms with Gasteiger partial charge in [0.05, 0.1) is 12.3 Å². The smallest absolute Gasteiger partial charge is 0.338 e. The van der Waals surface area contributed by atoms with Crippen molar-refractivity contribution in [3.63, 3.8) is 0 Å². The van der Waals surface area contributed by atoms with Crippen LogP contribution in [0.4, 0.5) is 0 Å². The fourth-order valence-electron chi connectivity index (χ4n) is 1.78. The topological polar surface area (TPSA) is 84.6 Å². The average Bonchev–Trinajstić information content (AvgIpc) is 3.00. The number of carbonyl (C=O) groups excluding carboxylic acids is 1. The summed E-state index contributed by atoms with van der Waals surface area (Å²) < 4.78 is 6.33. The molecule has 6 nitrogen and oxygen atoms in total. The lowest BCUT2D eigenvalue weighted by atomic mass is 10.0. The summed E-state index contributed by atoms with van der Waals surface area (Å²) >= 11 is 0. The predicted molar refractivity (Wildman–Crippen MR) is 71.2 cm³/mol. The van der Waals surface area contributed by atoms with Gasteiger partial charge in [0.1, 0.15) is 6.10 Å². The van der Waals surface area contributed by atoms with Crippen LogP contribution in [-0.2, 0) is 9.53 Å². The minimum absolute atomic E-state index is 0.154. The van der Waals surface area contributed by atoms with E-state index in [1.54, 1.807) is 54.3 Å². The highest BCUT2D eigenvalue weighted by Crippen LogP contribution is 2.19. The molecule has 0 saturated heterocycles. The molecule has 1 aromatic carbocycles. The maximum absolute atomic E-state index is 11.4. The summed E-state index contributed by atoms with van der Waals surface area (Å²) in [5, 5.41) is 23.7. The van der Waals surface area contributed by atoms with Gasteiger partial charge >= 0.3 is 5.97 Å².